The minimum atomic E-state index is -0.517. The van der Waals surface area contributed by atoms with E-state index in [-0.39, 0.29) is 24.6 Å². The van der Waals surface area contributed by atoms with Gasteiger partial charge in [-0.3, -0.25) is 9.59 Å². The van der Waals surface area contributed by atoms with Crippen molar-refractivity contribution < 1.29 is 27.9 Å². The first-order valence-electron chi connectivity index (χ1n) is 13.6. The summed E-state index contributed by atoms with van der Waals surface area (Å²) in [5, 5.41) is 8.88. The first kappa shape index (κ1) is 28.6. The first-order chi connectivity index (χ1) is 20.4. The second-order valence-electron chi connectivity index (χ2n) is 9.82. The predicted octanol–water partition coefficient (Wildman–Crippen LogP) is 4.27. The van der Waals surface area contributed by atoms with Crippen molar-refractivity contribution in [1.29, 1.82) is 0 Å². The van der Waals surface area contributed by atoms with E-state index in [9.17, 15) is 14.0 Å². The molecule has 0 N–H and O–H groups in total. The smallest absolute Gasteiger partial charge is 0.254 e. The van der Waals surface area contributed by atoms with E-state index in [1.165, 1.54) is 35.4 Å². The molecule has 1 aliphatic heterocycles. The third-order valence-corrected chi connectivity index (χ3v) is 7.12. The van der Waals surface area contributed by atoms with Crippen molar-refractivity contribution in [2.75, 3.05) is 51.8 Å². The van der Waals surface area contributed by atoms with Crippen LogP contribution in [0.15, 0.2) is 77.4 Å². The summed E-state index contributed by atoms with van der Waals surface area (Å²) >= 11 is 0. The highest BCUT2D eigenvalue weighted by molar-refractivity contribution is 5.96. The number of nitrogens with zero attached hydrogens (tertiary/aromatic N) is 5. The quantitative estimate of drug-likeness (QED) is 0.293. The molecule has 1 fully saturated rings. The van der Waals surface area contributed by atoms with Gasteiger partial charge in [0.15, 0.2) is 5.82 Å². The van der Waals surface area contributed by atoms with Crippen molar-refractivity contribution in [3.63, 3.8) is 0 Å². The molecule has 1 saturated heterocycles. The molecule has 42 heavy (non-hydrogen) atoms. The third kappa shape index (κ3) is 6.68. The fraction of sp³-hybridized carbons (Fsp3) is 0.290. The summed E-state index contributed by atoms with van der Waals surface area (Å²) in [6.07, 6.45) is 2.23. The van der Waals surface area contributed by atoms with Gasteiger partial charge in [0, 0.05) is 43.4 Å². The normalized spacial score (nSPS) is 13.4. The number of carbonyl (C=O) groups excluding carboxylic acids is 2. The van der Waals surface area contributed by atoms with E-state index in [2.05, 4.69) is 15.1 Å². The van der Waals surface area contributed by atoms with Crippen LogP contribution in [0.2, 0.25) is 0 Å². The number of ether oxygens (including phenoxy) is 2. The van der Waals surface area contributed by atoms with Gasteiger partial charge in [-0.05, 0) is 61.0 Å². The number of furan rings is 1. The van der Waals surface area contributed by atoms with Gasteiger partial charge in [-0.25, -0.2) is 4.39 Å². The Bertz CT molecular complexity index is 1510. The molecule has 0 unspecified atom stereocenters. The highest BCUT2D eigenvalue weighted by Gasteiger charge is 2.26. The maximum absolute atomic E-state index is 13.8. The number of halogens is 1. The van der Waals surface area contributed by atoms with Crippen LogP contribution < -0.4 is 14.4 Å². The van der Waals surface area contributed by atoms with Crippen molar-refractivity contribution in [2.24, 2.45) is 0 Å². The summed E-state index contributed by atoms with van der Waals surface area (Å²) in [6, 6.07) is 18.2. The number of carbonyl (C=O) groups is 2. The van der Waals surface area contributed by atoms with Crippen LogP contribution >= 0.6 is 0 Å². The molecular weight excluding hydrogens is 541 g/mol. The highest BCUT2D eigenvalue weighted by atomic mass is 19.1. The van der Waals surface area contributed by atoms with Gasteiger partial charge in [0.2, 0.25) is 5.91 Å². The number of aromatic nitrogens is 2. The molecule has 0 aliphatic carbocycles. The minimum absolute atomic E-state index is 0.0922. The predicted molar refractivity (Wildman–Crippen MR) is 154 cm³/mol. The van der Waals surface area contributed by atoms with Gasteiger partial charge in [-0.2, -0.15) is 0 Å². The number of anilines is 1. The van der Waals surface area contributed by atoms with Crippen LogP contribution in [0.25, 0.3) is 11.3 Å². The lowest BCUT2D eigenvalue weighted by atomic mass is 10.1. The zero-order chi connectivity index (χ0) is 29.5. The molecule has 218 valence electrons. The number of amides is 2. The van der Waals surface area contributed by atoms with Crippen LogP contribution in [0, 0.1) is 5.82 Å². The number of methoxy groups -OCH3 is 2. The Kier molecular flexibility index (Phi) is 8.96. The van der Waals surface area contributed by atoms with Gasteiger partial charge >= 0.3 is 0 Å². The van der Waals surface area contributed by atoms with Gasteiger partial charge in [0.25, 0.3) is 5.91 Å². The lowest BCUT2D eigenvalue weighted by Gasteiger charge is -2.27. The molecule has 4 aromatic rings. The van der Waals surface area contributed by atoms with E-state index in [4.69, 9.17) is 13.9 Å². The molecule has 0 atom stereocenters. The molecule has 10 nitrogen and oxygen atoms in total. The summed E-state index contributed by atoms with van der Waals surface area (Å²) in [4.78, 5) is 31.9. The van der Waals surface area contributed by atoms with Crippen LogP contribution in [0.1, 0.15) is 22.5 Å². The molecule has 3 heterocycles. The monoisotopic (exact) mass is 573 g/mol. The van der Waals surface area contributed by atoms with E-state index in [0.29, 0.717) is 55.0 Å². The molecule has 2 amide bonds. The molecule has 2 aromatic heterocycles. The molecule has 0 radical (unpaired) electrons. The highest BCUT2D eigenvalue weighted by Crippen LogP contribution is 2.32. The van der Waals surface area contributed by atoms with Crippen molar-refractivity contribution >= 4 is 17.6 Å². The average molecular weight is 574 g/mol. The van der Waals surface area contributed by atoms with Crippen LogP contribution in [-0.4, -0.2) is 78.8 Å². The molecule has 11 heteroatoms. The number of benzene rings is 2. The standard InChI is InChI=1S/C31H32FN5O5/c1-40-24-9-10-26(28(19-24)41-2)27-11-12-29(34-33-27)35-13-5-14-36(16-15-35)30(38)21-37(20-25-8-4-17-42-25)31(39)22-6-3-7-23(32)18-22/h3-4,6-12,17-19H,5,13-16,20-21H2,1-2H3. The van der Waals surface area contributed by atoms with E-state index < -0.39 is 11.7 Å². The topological polar surface area (TPSA) is 101 Å². The van der Waals surface area contributed by atoms with Crippen LogP contribution in [-0.2, 0) is 11.3 Å². The van der Waals surface area contributed by atoms with E-state index in [1.54, 1.807) is 37.3 Å². The molecular formula is C31H32FN5O5. The lowest BCUT2D eigenvalue weighted by molar-refractivity contribution is -0.131. The van der Waals surface area contributed by atoms with Gasteiger partial charge in [-0.1, -0.05) is 6.07 Å². The lowest BCUT2D eigenvalue weighted by Crippen LogP contribution is -2.44. The fourth-order valence-corrected chi connectivity index (χ4v) is 4.90. The van der Waals surface area contributed by atoms with E-state index in [1.807, 2.05) is 24.3 Å². The zero-order valence-electron chi connectivity index (χ0n) is 23.5. The number of hydrogen-bond acceptors (Lipinski definition) is 8. The molecule has 0 bridgehead atoms. The molecule has 1 aliphatic rings. The van der Waals surface area contributed by atoms with E-state index >= 15 is 0 Å². The molecule has 2 aromatic carbocycles. The Morgan fingerprint density at radius 2 is 1.83 bits per heavy atom. The Morgan fingerprint density at radius 1 is 0.952 bits per heavy atom. The van der Waals surface area contributed by atoms with Crippen molar-refractivity contribution in [3.05, 3.63) is 90.1 Å². The Balaban J connectivity index is 1.24. The van der Waals surface area contributed by atoms with Gasteiger partial charge in [-0.15, -0.1) is 10.2 Å². The van der Waals surface area contributed by atoms with Gasteiger partial charge < -0.3 is 28.6 Å². The Labute approximate surface area is 243 Å². The second-order valence-corrected chi connectivity index (χ2v) is 9.82. The number of rotatable bonds is 9. The zero-order valence-corrected chi connectivity index (χ0v) is 23.5. The van der Waals surface area contributed by atoms with Crippen molar-refractivity contribution in [3.8, 4) is 22.8 Å². The maximum Gasteiger partial charge on any atom is 0.254 e. The maximum atomic E-state index is 13.8. The summed E-state index contributed by atoms with van der Waals surface area (Å²) in [5.74, 6) is 1.41. The minimum Gasteiger partial charge on any atom is -0.497 e. The van der Waals surface area contributed by atoms with Crippen LogP contribution in [0.4, 0.5) is 10.2 Å². The van der Waals surface area contributed by atoms with Crippen molar-refractivity contribution in [2.45, 2.75) is 13.0 Å². The van der Waals surface area contributed by atoms with Gasteiger partial charge in [0.05, 0.1) is 32.7 Å². The summed E-state index contributed by atoms with van der Waals surface area (Å²) in [6.45, 7) is 2.18. The average Bonchev–Trinajstić information content (AvgIpc) is 3.41. The van der Waals surface area contributed by atoms with Gasteiger partial charge in [0.1, 0.15) is 29.6 Å². The Hall–Kier alpha value is -4.93. The summed E-state index contributed by atoms with van der Waals surface area (Å²) in [7, 11) is 3.19. The second kappa shape index (κ2) is 13.2. The molecule has 0 saturated carbocycles. The summed E-state index contributed by atoms with van der Waals surface area (Å²) < 4.78 is 30.0. The largest absolute Gasteiger partial charge is 0.497 e. The first-order valence-corrected chi connectivity index (χ1v) is 13.6. The number of hydrogen-bond donors (Lipinski definition) is 0. The summed E-state index contributed by atoms with van der Waals surface area (Å²) in [5.41, 5.74) is 1.65. The SMILES string of the molecule is COc1ccc(-c2ccc(N3CCCN(C(=O)CN(Cc4ccco4)C(=O)c4cccc(F)c4)CC3)nn2)c(OC)c1. The van der Waals surface area contributed by atoms with E-state index in [0.717, 1.165) is 12.0 Å². The van der Waals surface area contributed by atoms with Crippen LogP contribution in [0.3, 0.4) is 0 Å². The van der Waals surface area contributed by atoms with Crippen molar-refractivity contribution in [1.82, 2.24) is 20.0 Å². The van der Waals surface area contributed by atoms with Crippen LogP contribution in [0.5, 0.6) is 11.5 Å². The Morgan fingerprint density at radius 3 is 2.55 bits per heavy atom. The fourth-order valence-electron chi connectivity index (χ4n) is 4.90. The third-order valence-electron chi connectivity index (χ3n) is 7.12. The molecule has 0 spiro atoms. The molecule has 5 rings (SSSR count).